The van der Waals surface area contributed by atoms with Gasteiger partial charge in [0.15, 0.2) is 0 Å². The SMILES string of the molecule is NC(CN1CCCC1)c1ccc2c(c1)CCCC2. The van der Waals surface area contributed by atoms with Crippen molar-refractivity contribution in [1.82, 2.24) is 4.90 Å². The molecule has 0 bridgehead atoms. The van der Waals surface area contributed by atoms with Gasteiger partial charge < -0.3 is 10.6 Å². The van der Waals surface area contributed by atoms with Crippen molar-refractivity contribution in [3.05, 3.63) is 34.9 Å². The van der Waals surface area contributed by atoms with E-state index in [-0.39, 0.29) is 6.04 Å². The van der Waals surface area contributed by atoms with Gasteiger partial charge in [-0.2, -0.15) is 0 Å². The second kappa shape index (κ2) is 5.41. The van der Waals surface area contributed by atoms with Gasteiger partial charge in [-0.15, -0.1) is 0 Å². The Kier molecular flexibility index (Phi) is 3.67. The van der Waals surface area contributed by atoms with Gasteiger partial charge in [0, 0.05) is 12.6 Å². The van der Waals surface area contributed by atoms with E-state index in [0.717, 1.165) is 6.54 Å². The van der Waals surface area contributed by atoms with Gasteiger partial charge in [0.1, 0.15) is 0 Å². The summed E-state index contributed by atoms with van der Waals surface area (Å²) in [4.78, 5) is 2.50. The predicted molar refractivity (Wildman–Crippen MR) is 75.7 cm³/mol. The molecule has 1 atom stereocenters. The number of nitrogens with zero attached hydrogens (tertiary/aromatic N) is 1. The van der Waals surface area contributed by atoms with Crippen LogP contribution in [0.1, 0.15) is 48.4 Å². The maximum atomic E-state index is 6.37. The quantitative estimate of drug-likeness (QED) is 0.885. The maximum absolute atomic E-state index is 6.37. The first-order valence-electron chi connectivity index (χ1n) is 7.42. The van der Waals surface area contributed by atoms with Gasteiger partial charge in [0.2, 0.25) is 0 Å². The third-order valence-electron chi connectivity index (χ3n) is 4.45. The lowest BCUT2D eigenvalue weighted by atomic mass is 9.89. The molecule has 2 N–H and O–H groups in total. The molecule has 1 aliphatic heterocycles. The van der Waals surface area contributed by atoms with Crippen LogP contribution in [0.5, 0.6) is 0 Å². The monoisotopic (exact) mass is 244 g/mol. The molecule has 2 heteroatoms. The molecule has 1 aromatic rings. The zero-order chi connectivity index (χ0) is 12.4. The lowest BCUT2D eigenvalue weighted by Crippen LogP contribution is -2.30. The summed E-state index contributed by atoms with van der Waals surface area (Å²) < 4.78 is 0. The number of hydrogen-bond acceptors (Lipinski definition) is 2. The van der Waals surface area contributed by atoms with Crippen LogP contribution in [0.3, 0.4) is 0 Å². The molecule has 18 heavy (non-hydrogen) atoms. The molecule has 2 nitrogen and oxygen atoms in total. The summed E-state index contributed by atoms with van der Waals surface area (Å²) in [6, 6.07) is 7.13. The molecule has 1 unspecified atom stereocenters. The fourth-order valence-corrected chi connectivity index (χ4v) is 3.33. The van der Waals surface area contributed by atoms with Crippen molar-refractivity contribution in [2.24, 2.45) is 5.73 Å². The molecule has 1 aromatic carbocycles. The second-order valence-corrected chi connectivity index (χ2v) is 5.85. The Balaban J connectivity index is 1.70. The Morgan fingerprint density at radius 3 is 2.50 bits per heavy atom. The van der Waals surface area contributed by atoms with E-state index in [1.54, 1.807) is 11.1 Å². The molecular weight excluding hydrogens is 220 g/mol. The number of aryl methyl sites for hydroxylation is 2. The average molecular weight is 244 g/mol. The number of hydrogen-bond donors (Lipinski definition) is 1. The van der Waals surface area contributed by atoms with Crippen LogP contribution in [0.4, 0.5) is 0 Å². The van der Waals surface area contributed by atoms with Crippen molar-refractivity contribution in [1.29, 1.82) is 0 Å². The van der Waals surface area contributed by atoms with Crippen molar-refractivity contribution in [3.8, 4) is 0 Å². The van der Waals surface area contributed by atoms with Crippen LogP contribution in [0.25, 0.3) is 0 Å². The van der Waals surface area contributed by atoms with E-state index in [1.165, 1.54) is 57.2 Å². The summed E-state index contributed by atoms with van der Waals surface area (Å²) in [7, 11) is 0. The lowest BCUT2D eigenvalue weighted by molar-refractivity contribution is 0.316. The Hall–Kier alpha value is -0.860. The minimum atomic E-state index is 0.190. The van der Waals surface area contributed by atoms with E-state index >= 15 is 0 Å². The Morgan fingerprint density at radius 2 is 1.72 bits per heavy atom. The average Bonchev–Trinajstić information content (AvgIpc) is 2.91. The van der Waals surface area contributed by atoms with Crippen LogP contribution in [0.2, 0.25) is 0 Å². The summed E-state index contributed by atoms with van der Waals surface area (Å²) in [5.41, 5.74) is 10.8. The van der Waals surface area contributed by atoms with E-state index in [2.05, 4.69) is 23.1 Å². The molecule has 1 fully saturated rings. The first kappa shape index (κ1) is 12.2. The largest absolute Gasteiger partial charge is 0.323 e. The van der Waals surface area contributed by atoms with E-state index in [4.69, 9.17) is 5.73 Å². The van der Waals surface area contributed by atoms with Crippen molar-refractivity contribution in [2.45, 2.75) is 44.6 Å². The number of likely N-dealkylation sites (tertiary alicyclic amines) is 1. The summed E-state index contributed by atoms with van der Waals surface area (Å²) in [5.74, 6) is 0. The molecule has 0 aromatic heterocycles. The Bertz CT molecular complexity index is 408. The maximum Gasteiger partial charge on any atom is 0.0424 e. The number of fused-ring (bicyclic) bond motifs is 1. The molecular formula is C16H24N2. The van der Waals surface area contributed by atoms with E-state index in [0.29, 0.717) is 0 Å². The van der Waals surface area contributed by atoms with Gasteiger partial charge in [0.05, 0.1) is 0 Å². The van der Waals surface area contributed by atoms with Gasteiger partial charge in [0.25, 0.3) is 0 Å². The van der Waals surface area contributed by atoms with Crippen molar-refractivity contribution in [2.75, 3.05) is 19.6 Å². The summed E-state index contributed by atoms with van der Waals surface area (Å²) >= 11 is 0. The standard InChI is InChI=1S/C16H24N2/c17-16(12-18-9-3-4-10-18)15-8-7-13-5-1-2-6-14(13)11-15/h7-8,11,16H,1-6,9-10,12,17H2. The van der Waals surface area contributed by atoms with Gasteiger partial charge in [-0.05, 0) is 68.3 Å². The lowest BCUT2D eigenvalue weighted by Gasteiger charge is -2.23. The van der Waals surface area contributed by atoms with Gasteiger partial charge in [-0.25, -0.2) is 0 Å². The van der Waals surface area contributed by atoms with Crippen molar-refractivity contribution >= 4 is 0 Å². The van der Waals surface area contributed by atoms with Crippen LogP contribution >= 0.6 is 0 Å². The first-order valence-corrected chi connectivity index (χ1v) is 7.42. The highest BCUT2D eigenvalue weighted by molar-refractivity contribution is 5.35. The summed E-state index contributed by atoms with van der Waals surface area (Å²) in [5, 5.41) is 0. The molecule has 2 aliphatic rings. The summed E-state index contributed by atoms with van der Waals surface area (Å²) in [6.45, 7) is 3.50. The van der Waals surface area contributed by atoms with Crippen molar-refractivity contribution < 1.29 is 0 Å². The normalized spacial score (nSPS) is 21.8. The summed E-state index contributed by atoms with van der Waals surface area (Å²) in [6.07, 6.45) is 7.90. The van der Waals surface area contributed by atoms with E-state index < -0.39 is 0 Å². The van der Waals surface area contributed by atoms with Crippen LogP contribution in [-0.2, 0) is 12.8 Å². The molecule has 1 aliphatic carbocycles. The van der Waals surface area contributed by atoms with Crippen molar-refractivity contribution in [3.63, 3.8) is 0 Å². The predicted octanol–water partition coefficient (Wildman–Crippen LogP) is 2.66. The highest BCUT2D eigenvalue weighted by Crippen LogP contribution is 2.25. The zero-order valence-corrected chi connectivity index (χ0v) is 11.2. The van der Waals surface area contributed by atoms with Crippen LogP contribution in [0, 0.1) is 0 Å². The third kappa shape index (κ3) is 2.60. The third-order valence-corrected chi connectivity index (χ3v) is 4.45. The van der Waals surface area contributed by atoms with Gasteiger partial charge in [-0.1, -0.05) is 18.2 Å². The molecule has 1 heterocycles. The smallest absolute Gasteiger partial charge is 0.0424 e. The fourth-order valence-electron chi connectivity index (χ4n) is 3.33. The topological polar surface area (TPSA) is 29.3 Å². The number of nitrogens with two attached hydrogens (primary N) is 1. The molecule has 3 rings (SSSR count). The Morgan fingerprint density at radius 1 is 1.00 bits per heavy atom. The molecule has 0 spiro atoms. The Labute approximate surface area is 110 Å². The van der Waals surface area contributed by atoms with Crippen LogP contribution in [0.15, 0.2) is 18.2 Å². The minimum Gasteiger partial charge on any atom is -0.323 e. The second-order valence-electron chi connectivity index (χ2n) is 5.85. The van der Waals surface area contributed by atoms with Gasteiger partial charge in [-0.3, -0.25) is 0 Å². The van der Waals surface area contributed by atoms with Gasteiger partial charge >= 0.3 is 0 Å². The van der Waals surface area contributed by atoms with E-state index in [1.807, 2.05) is 0 Å². The molecule has 0 radical (unpaired) electrons. The molecule has 0 amide bonds. The van der Waals surface area contributed by atoms with Crippen LogP contribution < -0.4 is 5.73 Å². The molecule has 0 saturated carbocycles. The molecule has 1 saturated heterocycles. The number of benzene rings is 1. The highest BCUT2D eigenvalue weighted by atomic mass is 15.1. The minimum absolute atomic E-state index is 0.190. The van der Waals surface area contributed by atoms with Crippen LogP contribution in [-0.4, -0.2) is 24.5 Å². The number of rotatable bonds is 3. The molecule has 98 valence electrons. The van der Waals surface area contributed by atoms with E-state index in [9.17, 15) is 0 Å². The zero-order valence-electron chi connectivity index (χ0n) is 11.2. The fraction of sp³-hybridized carbons (Fsp3) is 0.625. The highest BCUT2D eigenvalue weighted by Gasteiger charge is 2.17. The first-order chi connectivity index (χ1) is 8.83.